The Balaban J connectivity index is 1.55. The first-order valence-corrected chi connectivity index (χ1v) is 8.97. The number of carbonyl (C=O) groups excluding carboxylic acids is 1. The minimum atomic E-state index is -0.0363. The third-order valence-electron chi connectivity index (χ3n) is 4.68. The summed E-state index contributed by atoms with van der Waals surface area (Å²) in [5, 5.41) is 3.41. The van der Waals surface area contributed by atoms with Gasteiger partial charge in [0.2, 0.25) is 11.9 Å². The highest BCUT2D eigenvalue weighted by Crippen LogP contribution is 2.36. The zero-order chi connectivity index (χ0) is 17.2. The molecule has 1 saturated carbocycles. The summed E-state index contributed by atoms with van der Waals surface area (Å²) in [5.41, 5.74) is 2.66. The highest BCUT2D eigenvalue weighted by atomic mass is 35.5. The molecule has 1 aliphatic rings. The van der Waals surface area contributed by atoms with Gasteiger partial charge in [0.25, 0.3) is 0 Å². The summed E-state index contributed by atoms with van der Waals surface area (Å²) in [6.07, 6.45) is 4.47. The highest BCUT2D eigenvalue weighted by Gasteiger charge is 2.26. The van der Waals surface area contributed by atoms with E-state index in [4.69, 9.17) is 11.6 Å². The number of imidazole rings is 1. The molecule has 0 atom stereocenters. The van der Waals surface area contributed by atoms with Gasteiger partial charge in [0.1, 0.15) is 10.7 Å². The zero-order valence-electron chi connectivity index (χ0n) is 13.8. The van der Waals surface area contributed by atoms with Crippen LogP contribution in [0.4, 0.5) is 5.95 Å². The molecule has 1 amide bonds. The first kappa shape index (κ1) is 16.1. The second kappa shape index (κ2) is 6.84. The largest absolute Gasteiger partial charge is 0.296 e. The first-order chi connectivity index (χ1) is 12.2. The summed E-state index contributed by atoms with van der Waals surface area (Å²) in [6, 6.07) is 13.9. The normalized spacial score (nSPS) is 14.4. The maximum absolute atomic E-state index is 12.4. The molecule has 2 heterocycles. The quantitative estimate of drug-likeness (QED) is 0.691. The van der Waals surface area contributed by atoms with Crippen LogP contribution in [0.5, 0.6) is 0 Å². The molecule has 0 bridgehead atoms. The number of aryl methyl sites for hydroxylation is 1. The van der Waals surface area contributed by atoms with Crippen LogP contribution in [0.2, 0.25) is 5.15 Å². The first-order valence-electron chi connectivity index (χ1n) is 8.59. The topological polar surface area (TPSA) is 59.8 Å². The van der Waals surface area contributed by atoms with Crippen LogP contribution in [0.3, 0.4) is 0 Å². The van der Waals surface area contributed by atoms with Gasteiger partial charge in [-0.3, -0.25) is 14.7 Å². The predicted molar refractivity (Wildman–Crippen MR) is 98.8 cm³/mol. The fourth-order valence-corrected chi connectivity index (χ4v) is 3.26. The number of carbonyl (C=O) groups is 1. The van der Waals surface area contributed by atoms with E-state index in [2.05, 4.69) is 15.3 Å². The highest BCUT2D eigenvalue weighted by molar-refractivity contribution is 6.29. The van der Waals surface area contributed by atoms with Gasteiger partial charge in [-0.25, -0.2) is 9.97 Å². The molecular formula is C19H19ClN4O. The lowest BCUT2D eigenvalue weighted by Crippen LogP contribution is -2.22. The van der Waals surface area contributed by atoms with Crippen LogP contribution >= 0.6 is 11.6 Å². The third kappa shape index (κ3) is 3.37. The molecule has 0 saturated heterocycles. The molecule has 5 nitrogen and oxygen atoms in total. The minimum absolute atomic E-state index is 0.0363. The Morgan fingerprint density at radius 3 is 2.68 bits per heavy atom. The molecule has 1 N–H and O–H groups in total. The van der Waals surface area contributed by atoms with Gasteiger partial charge in [-0.05, 0) is 43.4 Å². The van der Waals surface area contributed by atoms with Gasteiger partial charge >= 0.3 is 0 Å². The van der Waals surface area contributed by atoms with Gasteiger partial charge in [0.05, 0.1) is 0 Å². The SMILES string of the molecule is O=C(CCc1ccccc1)Nc1nc2ccc(Cl)nc2n1C1CCC1. The summed E-state index contributed by atoms with van der Waals surface area (Å²) in [7, 11) is 0. The lowest BCUT2D eigenvalue weighted by atomic mass is 9.93. The van der Waals surface area contributed by atoms with Gasteiger partial charge in [-0.1, -0.05) is 41.9 Å². The molecule has 0 spiro atoms. The number of fused-ring (bicyclic) bond motifs is 1. The van der Waals surface area contributed by atoms with Crippen LogP contribution in [0.1, 0.15) is 37.3 Å². The Labute approximate surface area is 151 Å². The number of halogens is 1. The fraction of sp³-hybridized carbons (Fsp3) is 0.316. The van der Waals surface area contributed by atoms with Crippen molar-refractivity contribution in [3.05, 3.63) is 53.2 Å². The van der Waals surface area contributed by atoms with Crippen molar-refractivity contribution in [2.24, 2.45) is 0 Å². The number of amides is 1. The van der Waals surface area contributed by atoms with Crippen LogP contribution in [-0.2, 0) is 11.2 Å². The smallest absolute Gasteiger partial charge is 0.227 e. The molecule has 0 unspecified atom stereocenters. The minimum Gasteiger partial charge on any atom is -0.296 e. The molecular weight excluding hydrogens is 336 g/mol. The molecule has 0 aliphatic heterocycles. The lowest BCUT2D eigenvalue weighted by Gasteiger charge is -2.28. The number of rotatable bonds is 5. The van der Waals surface area contributed by atoms with Crippen LogP contribution in [-0.4, -0.2) is 20.4 Å². The molecule has 1 aliphatic carbocycles. The average Bonchev–Trinajstić information content (AvgIpc) is 2.90. The number of nitrogens with one attached hydrogen (secondary N) is 1. The second-order valence-corrected chi connectivity index (χ2v) is 6.79. The maximum Gasteiger partial charge on any atom is 0.227 e. The number of anilines is 1. The maximum atomic E-state index is 12.4. The number of nitrogens with zero attached hydrogens (tertiary/aromatic N) is 3. The number of benzene rings is 1. The Bertz CT molecular complexity index is 902. The van der Waals surface area contributed by atoms with E-state index < -0.39 is 0 Å². The lowest BCUT2D eigenvalue weighted by molar-refractivity contribution is -0.116. The van der Waals surface area contributed by atoms with Crippen molar-refractivity contribution in [1.29, 1.82) is 0 Å². The molecule has 1 aromatic carbocycles. The summed E-state index contributed by atoms with van der Waals surface area (Å²) in [6.45, 7) is 0. The van der Waals surface area contributed by atoms with E-state index in [1.807, 2.05) is 41.0 Å². The summed E-state index contributed by atoms with van der Waals surface area (Å²) in [4.78, 5) is 21.4. The average molecular weight is 355 g/mol. The van der Waals surface area contributed by atoms with Crippen molar-refractivity contribution in [2.75, 3.05) is 5.32 Å². The molecule has 3 aromatic rings. The van der Waals surface area contributed by atoms with Crippen molar-refractivity contribution in [3.8, 4) is 0 Å². The second-order valence-electron chi connectivity index (χ2n) is 6.40. The van der Waals surface area contributed by atoms with E-state index >= 15 is 0 Å². The van der Waals surface area contributed by atoms with Crippen LogP contribution < -0.4 is 5.32 Å². The van der Waals surface area contributed by atoms with Crippen LogP contribution in [0.25, 0.3) is 11.2 Å². The van der Waals surface area contributed by atoms with Gasteiger partial charge in [0.15, 0.2) is 5.65 Å². The van der Waals surface area contributed by atoms with Crippen molar-refractivity contribution < 1.29 is 4.79 Å². The van der Waals surface area contributed by atoms with Gasteiger partial charge in [0, 0.05) is 12.5 Å². The predicted octanol–water partition coefficient (Wildman–Crippen LogP) is 4.38. The van der Waals surface area contributed by atoms with Crippen molar-refractivity contribution in [2.45, 2.75) is 38.1 Å². The van der Waals surface area contributed by atoms with E-state index in [-0.39, 0.29) is 5.91 Å². The van der Waals surface area contributed by atoms with Crippen LogP contribution in [0.15, 0.2) is 42.5 Å². The summed E-state index contributed by atoms with van der Waals surface area (Å²) in [5.74, 6) is 0.540. The Hall–Kier alpha value is -2.40. The van der Waals surface area contributed by atoms with E-state index in [9.17, 15) is 4.79 Å². The van der Waals surface area contributed by atoms with Gasteiger partial charge in [-0.2, -0.15) is 0 Å². The van der Waals surface area contributed by atoms with Crippen molar-refractivity contribution in [3.63, 3.8) is 0 Å². The number of hydrogen-bond acceptors (Lipinski definition) is 3. The van der Waals surface area contributed by atoms with Crippen LogP contribution in [0, 0.1) is 0 Å². The Morgan fingerprint density at radius 1 is 1.16 bits per heavy atom. The van der Waals surface area contributed by atoms with E-state index in [0.717, 1.165) is 29.6 Å². The number of pyridine rings is 1. The zero-order valence-corrected chi connectivity index (χ0v) is 14.5. The fourth-order valence-electron chi connectivity index (χ4n) is 3.12. The molecule has 0 radical (unpaired) electrons. The molecule has 25 heavy (non-hydrogen) atoms. The molecule has 128 valence electrons. The van der Waals surface area contributed by atoms with Crippen molar-refractivity contribution >= 4 is 34.6 Å². The Kier molecular flexibility index (Phi) is 4.40. The van der Waals surface area contributed by atoms with E-state index in [0.29, 0.717) is 30.0 Å². The third-order valence-corrected chi connectivity index (χ3v) is 4.89. The number of aromatic nitrogens is 3. The van der Waals surface area contributed by atoms with E-state index in [1.54, 1.807) is 6.07 Å². The van der Waals surface area contributed by atoms with E-state index in [1.165, 1.54) is 6.42 Å². The van der Waals surface area contributed by atoms with Gasteiger partial charge < -0.3 is 0 Å². The van der Waals surface area contributed by atoms with Gasteiger partial charge in [-0.15, -0.1) is 0 Å². The molecule has 2 aromatic heterocycles. The summed E-state index contributed by atoms with van der Waals surface area (Å²) < 4.78 is 2.03. The number of hydrogen-bond donors (Lipinski definition) is 1. The Morgan fingerprint density at radius 2 is 1.96 bits per heavy atom. The molecule has 6 heteroatoms. The summed E-state index contributed by atoms with van der Waals surface area (Å²) >= 11 is 6.05. The molecule has 4 rings (SSSR count). The van der Waals surface area contributed by atoms with Crippen molar-refractivity contribution in [1.82, 2.24) is 14.5 Å². The molecule has 1 fully saturated rings. The monoisotopic (exact) mass is 354 g/mol. The standard InChI is InChI=1S/C19H19ClN4O/c20-16-11-10-15-18(22-16)24(14-7-4-8-14)19(21-15)23-17(25)12-9-13-5-2-1-3-6-13/h1-3,5-6,10-11,14H,4,7-9,12H2,(H,21,23,25).